The zero-order chi connectivity index (χ0) is 15.8. The van der Waals surface area contributed by atoms with Crippen molar-refractivity contribution in [2.45, 2.75) is 0 Å². The third-order valence-corrected chi connectivity index (χ3v) is 2.69. The van der Waals surface area contributed by atoms with Gasteiger partial charge in [-0.15, -0.1) is 0 Å². The summed E-state index contributed by atoms with van der Waals surface area (Å²) in [5.74, 6) is 0.0344. The lowest BCUT2D eigenvalue weighted by Crippen LogP contribution is -2.11. The van der Waals surface area contributed by atoms with Gasteiger partial charge in [0.1, 0.15) is 23.9 Å². The number of benzene rings is 1. The van der Waals surface area contributed by atoms with E-state index in [-0.39, 0.29) is 5.69 Å². The van der Waals surface area contributed by atoms with E-state index in [1.807, 2.05) is 0 Å². The van der Waals surface area contributed by atoms with Crippen LogP contribution in [0.3, 0.4) is 0 Å². The fourth-order valence-electron chi connectivity index (χ4n) is 1.68. The van der Waals surface area contributed by atoms with Crippen LogP contribution in [-0.4, -0.2) is 26.2 Å². The summed E-state index contributed by atoms with van der Waals surface area (Å²) in [4.78, 5) is 11.9. The molecule has 2 rings (SSSR count). The van der Waals surface area contributed by atoms with E-state index in [4.69, 9.17) is 13.9 Å². The van der Waals surface area contributed by atoms with Crippen LogP contribution in [0.5, 0.6) is 5.75 Å². The number of methoxy groups -OCH3 is 1. The van der Waals surface area contributed by atoms with Gasteiger partial charge in [-0.05, 0) is 30.3 Å². The zero-order valence-electron chi connectivity index (χ0n) is 12.0. The van der Waals surface area contributed by atoms with Crippen molar-refractivity contribution in [2.24, 2.45) is 0 Å². The molecule has 1 aromatic heterocycles. The molecule has 0 aliphatic carbocycles. The molecule has 0 spiro atoms. The van der Waals surface area contributed by atoms with Crippen molar-refractivity contribution >= 4 is 17.7 Å². The normalized spacial score (nSPS) is 10.8. The molecule has 1 amide bonds. The van der Waals surface area contributed by atoms with Crippen LogP contribution in [0.4, 0.5) is 10.1 Å². The van der Waals surface area contributed by atoms with Crippen molar-refractivity contribution in [1.82, 2.24) is 0 Å². The highest BCUT2D eigenvalue weighted by molar-refractivity contribution is 6.02. The molecule has 22 heavy (non-hydrogen) atoms. The lowest BCUT2D eigenvalue weighted by molar-refractivity contribution is -0.111. The smallest absolute Gasteiger partial charge is 0.248 e. The topological polar surface area (TPSA) is 60.7 Å². The first kappa shape index (κ1) is 15.8. The Morgan fingerprint density at radius 1 is 1.36 bits per heavy atom. The van der Waals surface area contributed by atoms with Gasteiger partial charge in [0.25, 0.3) is 0 Å². The molecule has 1 heterocycles. The number of amides is 1. The van der Waals surface area contributed by atoms with Gasteiger partial charge >= 0.3 is 0 Å². The fraction of sp³-hybridized carbons (Fsp3) is 0.188. The molecule has 6 heteroatoms. The summed E-state index contributed by atoms with van der Waals surface area (Å²) < 4.78 is 28.7. The van der Waals surface area contributed by atoms with Gasteiger partial charge in [-0.25, -0.2) is 4.39 Å². The highest BCUT2D eigenvalue weighted by atomic mass is 19.1. The number of furan rings is 1. The molecule has 0 aliphatic heterocycles. The average Bonchev–Trinajstić information content (AvgIpc) is 3.01. The van der Waals surface area contributed by atoms with Gasteiger partial charge in [0.05, 0.1) is 18.6 Å². The first-order chi connectivity index (χ1) is 10.7. The van der Waals surface area contributed by atoms with E-state index in [0.717, 1.165) is 0 Å². The van der Waals surface area contributed by atoms with Crippen LogP contribution in [0.25, 0.3) is 6.08 Å². The van der Waals surface area contributed by atoms with E-state index in [2.05, 4.69) is 5.32 Å². The molecule has 0 fully saturated rings. The molecule has 0 radical (unpaired) electrons. The van der Waals surface area contributed by atoms with Crippen LogP contribution in [0.2, 0.25) is 0 Å². The summed E-state index contributed by atoms with van der Waals surface area (Å²) in [7, 11) is 1.55. The van der Waals surface area contributed by atoms with E-state index >= 15 is 0 Å². The Bertz CT molecular complexity index is 638. The zero-order valence-corrected chi connectivity index (χ0v) is 12.0. The van der Waals surface area contributed by atoms with Crippen molar-refractivity contribution in [3.63, 3.8) is 0 Å². The number of ether oxygens (including phenoxy) is 2. The fourth-order valence-corrected chi connectivity index (χ4v) is 1.68. The highest BCUT2D eigenvalue weighted by Crippen LogP contribution is 2.25. The lowest BCUT2D eigenvalue weighted by Gasteiger charge is -2.11. The number of carbonyl (C=O) groups excluding carboxylic acids is 1. The second-order valence-corrected chi connectivity index (χ2v) is 4.32. The predicted molar refractivity (Wildman–Crippen MR) is 80.1 cm³/mol. The van der Waals surface area contributed by atoms with Crippen molar-refractivity contribution in [3.05, 3.63) is 54.2 Å². The summed E-state index contributed by atoms with van der Waals surface area (Å²) in [6, 6.07) is 7.34. The van der Waals surface area contributed by atoms with Crippen molar-refractivity contribution in [3.8, 4) is 5.75 Å². The first-order valence-corrected chi connectivity index (χ1v) is 6.63. The molecule has 0 saturated heterocycles. The summed E-state index contributed by atoms with van der Waals surface area (Å²) in [6.45, 7) is 0.691. The summed E-state index contributed by atoms with van der Waals surface area (Å²) in [5, 5.41) is 2.57. The largest absolute Gasteiger partial charge is 0.489 e. The monoisotopic (exact) mass is 305 g/mol. The second-order valence-electron chi connectivity index (χ2n) is 4.32. The Morgan fingerprint density at radius 2 is 2.23 bits per heavy atom. The van der Waals surface area contributed by atoms with E-state index in [1.54, 1.807) is 19.2 Å². The molecule has 116 valence electrons. The van der Waals surface area contributed by atoms with Crippen LogP contribution in [0.15, 0.2) is 47.1 Å². The maximum atomic E-state index is 13.3. The minimum atomic E-state index is -0.468. The standard InChI is InChI=1S/C16H16FNO4/c1-20-9-10-22-15-6-4-12(17)11-14(15)18-16(19)7-5-13-3-2-8-21-13/h2-8,11H,9-10H2,1H3,(H,18,19)/b7-5+. The van der Waals surface area contributed by atoms with Gasteiger partial charge in [0, 0.05) is 19.3 Å². The number of nitrogens with one attached hydrogen (secondary N) is 1. The van der Waals surface area contributed by atoms with Crippen molar-refractivity contribution < 1.29 is 23.1 Å². The highest BCUT2D eigenvalue weighted by Gasteiger charge is 2.08. The Kier molecular flexibility index (Phi) is 5.73. The number of halogens is 1. The molecule has 0 bridgehead atoms. The molecule has 1 N–H and O–H groups in total. The number of rotatable bonds is 7. The minimum Gasteiger partial charge on any atom is -0.489 e. The van der Waals surface area contributed by atoms with Crippen molar-refractivity contribution in [1.29, 1.82) is 0 Å². The van der Waals surface area contributed by atoms with E-state index < -0.39 is 11.7 Å². The lowest BCUT2D eigenvalue weighted by atomic mass is 10.2. The van der Waals surface area contributed by atoms with E-state index in [1.165, 1.54) is 36.6 Å². The van der Waals surface area contributed by atoms with Crippen LogP contribution >= 0.6 is 0 Å². The van der Waals surface area contributed by atoms with E-state index in [9.17, 15) is 9.18 Å². The molecule has 0 unspecified atom stereocenters. The van der Waals surface area contributed by atoms with Gasteiger partial charge in [0.15, 0.2) is 0 Å². The molecular weight excluding hydrogens is 289 g/mol. The van der Waals surface area contributed by atoms with Crippen LogP contribution in [0, 0.1) is 5.82 Å². The van der Waals surface area contributed by atoms with Crippen LogP contribution in [0.1, 0.15) is 5.76 Å². The number of carbonyl (C=O) groups is 1. The van der Waals surface area contributed by atoms with Gasteiger partial charge in [-0.1, -0.05) is 0 Å². The summed E-state index contributed by atoms with van der Waals surface area (Å²) in [6.07, 6.45) is 4.31. The first-order valence-electron chi connectivity index (χ1n) is 6.63. The van der Waals surface area contributed by atoms with Crippen molar-refractivity contribution in [2.75, 3.05) is 25.6 Å². The molecule has 5 nitrogen and oxygen atoms in total. The number of anilines is 1. The molecule has 0 atom stereocenters. The molecule has 2 aromatic rings. The molecule has 1 aromatic carbocycles. The van der Waals surface area contributed by atoms with Gasteiger partial charge in [0.2, 0.25) is 5.91 Å². The van der Waals surface area contributed by atoms with E-state index in [0.29, 0.717) is 24.7 Å². The number of hydrogen-bond donors (Lipinski definition) is 1. The van der Waals surface area contributed by atoms with Gasteiger partial charge in [-0.3, -0.25) is 4.79 Å². The summed E-state index contributed by atoms with van der Waals surface area (Å²) >= 11 is 0. The quantitative estimate of drug-likeness (QED) is 0.631. The molecule has 0 saturated carbocycles. The SMILES string of the molecule is COCCOc1ccc(F)cc1NC(=O)/C=C/c1ccco1. The Balaban J connectivity index is 2.03. The maximum Gasteiger partial charge on any atom is 0.248 e. The molecular formula is C16H16FNO4. The predicted octanol–water partition coefficient (Wildman–Crippen LogP) is 3.10. The number of hydrogen-bond acceptors (Lipinski definition) is 4. The van der Waals surface area contributed by atoms with Crippen LogP contribution in [-0.2, 0) is 9.53 Å². The Morgan fingerprint density at radius 3 is 2.95 bits per heavy atom. The maximum absolute atomic E-state index is 13.3. The average molecular weight is 305 g/mol. The Labute approximate surface area is 127 Å². The third-order valence-electron chi connectivity index (χ3n) is 2.69. The summed E-state index contributed by atoms with van der Waals surface area (Å²) in [5.41, 5.74) is 0.255. The minimum absolute atomic E-state index is 0.255. The second kappa shape index (κ2) is 7.99. The van der Waals surface area contributed by atoms with Gasteiger partial charge in [-0.2, -0.15) is 0 Å². The molecule has 0 aliphatic rings. The Hall–Kier alpha value is -2.60. The van der Waals surface area contributed by atoms with Crippen LogP contribution < -0.4 is 10.1 Å². The third kappa shape index (κ3) is 4.75. The van der Waals surface area contributed by atoms with Gasteiger partial charge < -0.3 is 19.2 Å².